The minimum atomic E-state index is -0.0691. The van der Waals surface area contributed by atoms with Crippen LogP contribution in [0.25, 0.3) is 11.1 Å². The number of methoxy groups -OCH3 is 1. The van der Waals surface area contributed by atoms with Crippen LogP contribution in [0.4, 0.5) is 5.69 Å². The summed E-state index contributed by atoms with van der Waals surface area (Å²) in [5, 5.41) is 3.01. The van der Waals surface area contributed by atoms with Gasteiger partial charge in [-0.1, -0.05) is 54.6 Å². The monoisotopic (exact) mass is 500 g/mol. The lowest BCUT2D eigenvalue weighted by atomic mass is 9.80. The van der Waals surface area contributed by atoms with E-state index < -0.39 is 0 Å². The SMILES string of the molecule is COc1ccc(NC(=O)Cc2ccc(-c3ccccc3)cc2)cc1OCCN1C(C)(C)CCCC1(C)C. The number of piperidine rings is 1. The molecule has 4 rings (SSSR count). The molecule has 3 aromatic rings. The summed E-state index contributed by atoms with van der Waals surface area (Å²) >= 11 is 0. The van der Waals surface area contributed by atoms with Crippen LogP contribution in [0, 0.1) is 0 Å². The topological polar surface area (TPSA) is 50.8 Å². The van der Waals surface area contributed by atoms with E-state index in [2.05, 4.69) is 62.2 Å². The van der Waals surface area contributed by atoms with Crippen LogP contribution < -0.4 is 14.8 Å². The third-order valence-electron chi connectivity index (χ3n) is 7.48. The summed E-state index contributed by atoms with van der Waals surface area (Å²) in [7, 11) is 1.64. The first-order chi connectivity index (χ1) is 17.7. The molecule has 1 saturated heterocycles. The van der Waals surface area contributed by atoms with Crippen molar-refractivity contribution in [2.24, 2.45) is 0 Å². The summed E-state index contributed by atoms with van der Waals surface area (Å²) in [6.45, 7) is 10.7. The van der Waals surface area contributed by atoms with Crippen LogP contribution in [0.15, 0.2) is 72.8 Å². The number of amides is 1. The first-order valence-corrected chi connectivity index (χ1v) is 13.2. The summed E-state index contributed by atoms with van der Waals surface area (Å²) < 4.78 is 11.7. The quantitative estimate of drug-likeness (QED) is 0.345. The zero-order chi connectivity index (χ0) is 26.5. The number of hydrogen-bond donors (Lipinski definition) is 1. The maximum Gasteiger partial charge on any atom is 0.228 e. The highest BCUT2D eigenvalue weighted by atomic mass is 16.5. The molecule has 1 N–H and O–H groups in total. The Bertz CT molecular complexity index is 1170. The minimum absolute atomic E-state index is 0.0691. The van der Waals surface area contributed by atoms with Gasteiger partial charge in [0.2, 0.25) is 5.91 Å². The molecule has 1 amide bonds. The highest BCUT2D eigenvalue weighted by Gasteiger charge is 2.40. The van der Waals surface area contributed by atoms with Gasteiger partial charge in [0.25, 0.3) is 0 Å². The number of anilines is 1. The molecule has 0 radical (unpaired) electrons. The maximum absolute atomic E-state index is 12.8. The van der Waals surface area contributed by atoms with Crippen molar-refractivity contribution in [2.75, 3.05) is 25.6 Å². The van der Waals surface area contributed by atoms with Gasteiger partial charge in [0.1, 0.15) is 6.61 Å². The van der Waals surface area contributed by atoms with Gasteiger partial charge in [0.15, 0.2) is 11.5 Å². The number of rotatable bonds is 9. The van der Waals surface area contributed by atoms with Crippen molar-refractivity contribution in [2.45, 2.75) is 64.5 Å². The summed E-state index contributed by atoms with van der Waals surface area (Å²) in [6.07, 6.45) is 3.94. The summed E-state index contributed by atoms with van der Waals surface area (Å²) in [6, 6.07) is 23.9. The van der Waals surface area contributed by atoms with Crippen LogP contribution in [0.3, 0.4) is 0 Å². The van der Waals surface area contributed by atoms with Crippen LogP contribution in [0.5, 0.6) is 11.5 Å². The smallest absolute Gasteiger partial charge is 0.228 e. The molecule has 3 aromatic carbocycles. The third kappa shape index (κ3) is 6.72. The van der Waals surface area contributed by atoms with Crippen LogP contribution in [0.1, 0.15) is 52.5 Å². The van der Waals surface area contributed by atoms with E-state index in [1.807, 2.05) is 48.5 Å². The molecule has 0 aliphatic carbocycles. The zero-order valence-corrected chi connectivity index (χ0v) is 22.8. The average Bonchev–Trinajstić information content (AvgIpc) is 2.86. The molecule has 0 spiro atoms. The molecule has 1 heterocycles. The Labute approximate surface area is 221 Å². The van der Waals surface area contributed by atoms with Gasteiger partial charge < -0.3 is 14.8 Å². The van der Waals surface area contributed by atoms with Crippen molar-refractivity contribution < 1.29 is 14.3 Å². The molecule has 5 nitrogen and oxygen atoms in total. The number of nitrogens with one attached hydrogen (secondary N) is 1. The maximum atomic E-state index is 12.8. The fourth-order valence-corrected chi connectivity index (χ4v) is 5.60. The minimum Gasteiger partial charge on any atom is -0.493 e. The Kier molecular flexibility index (Phi) is 8.23. The summed E-state index contributed by atoms with van der Waals surface area (Å²) in [5.74, 6) is 1.23. The lowest BCUT2D eigenvalue weighted by molar-refractivity contribution is -0.115. The van der Waals surface area contributed by atoms with Crippen molar-refractivity contribution in [3.63, 3.8) is 0 Å². The molecule has 1 aliphatic heterocycles. The second-order valence-corrected chi connectivity index (χ2v) is 11.1. The van der Waals surface area contributed by atoms with Gasteiger partial charge in [-0.05, 0) is 75.8 Å². The van der Waals surface area contributed by atoms with E-state index in [4.69, 9.17) is 9.47 Å². The Balaban J connectivity index is 1.36. The molecule has 0 atom stereocenters. The molecule has 1 aliphatic rings. The molecule has 5 heteroatoms. The van der Waals surface area contributed by atoms with Gasteiger partial charge in [0.05, 0.1) is 13.5 Å². The summed E-state index contributed by atoms with van der Waals surface area (Å²) in [4.78, 5) is 15.3. The van der Waals surface area contributed by atoms with E-state index in [9.17, 15) is 4.79 Å². The highest BCUT2D eigenvalue weighted by Crippen LogP contribution is 2.38. The fraction of sp³-hybridized carbons (Fsp3) is 0.406. The van der Waals surface area contributed by atoms with Gasteiger partial charge >= 0.3 is 0 Å². The Morgan fingerprint density at radius 1 is 0.865 bits per heavy atom. The van der Waals surface area contributed by atoms with Crippen LogP contribution >= 0.6 is 0 Å². The van der Waals surface area contributed by atoms with Crippen LogP contribution in [-0.4, -0.2) is 42.1 Å². The molecule has 196 valence electrons. The molecule has 1 fully saturated rings. The van der Waals surface area contributed by atoms with E-state index in [1.165, 1.54) is 19.3 Å². The number of hydrogen-bond acceptors (Lipinski definition) is 4. The normalized spacial score (nSPS) is 16.7. The molecule has 0 unspecified atom stereocenters. The predicted octanol–water partition coefficient (Wildman–Crippen LogP) is 6.97. The Hall–Kier alpha value is -3.31. The van der Waals surface area contributed by atoms with E-state index in [0.29, 0.717) is 30.2 Å². The Morgan fingerprint density at radius 3 is 2.16 bits per heavy atom. The number of benzene rings is 3. The van der Waals surface area contributed by atoms with Gasteiger partial charge in [-0.3, -0.25) is 9.69 Å². The van der Waals surface area contributed by atoms with Crippen LogP contribution in [-0.2, 0) is 11.2 Å². The van der Waals surface area contributed by atoms with Crippen molar-refractivity contribution in [3.05, 3.63) is 78.4 Å². The first kappa shape index (κ1) is 26.7. The third-order valence-corrected chi connectivity index (χ3v) is 7.48. The Morgan fingerprint density at radius 2 is 1.51 bits per heavy atom. The largest absolute Gasteiger partial charge is 0.493 e. The summed E-state index contributed by atoms with van der Waals surface area (Å²) in [5.41, 5.74) is 4.25. The lowest BCUT2D eigenvalue weighted by Gasteiger charge is -2.53. The zero-order valence-electron chi connectivity index (χ0n) is 22.8. The van der Waals surface area contributed by atoms with Crippen molar-refractivity contribution in [1.82, 2.24) is 4.90 Å². The van der Waals surface area contributed by atoms with Gasteiger partial charge in [-0.2, -0.15) is 0 Å². The number of nitrogens with zero attached hydrogens (tertiary/aromatic N) is 1. The van der Waals surface area contributed by atoms with Crippen LogP contribution in [0.2, 0.25) is 0 Å². The van der Waals surface area contributed by atoms with Crippen molar-refractivity contribution >= 4 is 11.6 Å². The standard InChI is InChI=1S/C32H40N2O3/c1-31(2)18-9-19-32(3,4)34(31)20-21-37-29-23-27(16-17-28(29)36-5)33-30(35)22-24-12-14-26(15-13-24)25-10-7-6-8-11-25/h6-8,10-17,23H,9,18-22H2,1-5H3,(H,33,35). The van der Waals surface area contributed by atoms with Gasteiger partial charge in [-0.15, -0.1) is 0 Å². The van der Waals surface area contributed by atoms with Gasteiger partial charge in [0, 0.05) is 29.4 Å². The molecular formula is C32H40N2O3. The van der Waals surface area contributed by atoms with Crippen molar-refractivity contribution in [1.29, 1.82) is 0 Å². The van der Waals surface area contributed by atoms with E-state index >= 15 is 0 Å². The first-order valence-electron chi connectivity index (χ1n) is 13.2. The number of carbonyl (C=O) groups is 1. The fourth-order valence-electron chi connectivity index (χ4n) is 5.60. The lowest BCUT2D eigenvalue weighted by Crippen LogP contribution is -2.59. The van der Waals surface area contributed by atoms with E-state index in [1.54, 1.807) is 7.11 Å². The molecule has 0 aromatic heterocycles. The highest BCUT2D eigenvalue weighted by molar-refractivity contribution is 5.92. The van der Waals surface area contributed by atoms with E-state index in [-0.39, 0.29) is 17.0 Å². The number of ether oxygens (including phenoxy) is 2. The number of carbonyl (C=O) groups excluding carboxylic acids is 1. The average molecular weight is 501 g/mol. The second-order valence-electron chi connectivity index (χ2n) is 11.1. The molecule has 37 heavy (non-hydrogen) atoms. The predicted molar refractivity (Wildman–Crippen MR) is 151 cm³/mol. The number of likely N-dealkylation sites (tertiary alicyclic amines) is 1. The second kappa shape index (κ2) is 11.4. The van der Waals surface area contributed by atoms with Gasteiger partial charge in [-0.25, -0.2) is 0 Å². The molecular weight excluding hydrogens is 460 g/mol. The van der Waals surface area contributed by atoms with E-state index in [0.717, 1.165) is 23.2 Å². The molecule has 0 bridgehead atoms. The van der Waals surface area contributed by atoms with Crippen molar-refractivity contribution in [3.8, 4) is 22.6 Å². The molecule has 0 saturated carbocycles.